The number of aromatic nitrogens is 1. The van der Waals surface area contributed by atoms with Crippen LogP contribution in [0.25, 0.3) is 0 Å². The number of anilines is 2. The van der Waals surface area contributed by atoms with Crippen LogP contribution in [0, 0.1) is 5.82 Å². The molecule has 0 saturated heterocycles. The second kappa shape index (κ2) is 9.02. The minimum atomic E-state index is -0.545. The molecule has 2 N–H and O–H groups in total. The van der Waals surface area contributed by atoms with E-state index in [0.29, 0.717) is 11.3 Å². The van der Waals surface area contributed by atoms with Gasteiger partial charge >= 0.3 is 0 Å². The molecule has 9 heteroatoms. The first-order chi connectivity index (χ1) is 13.9. The SMILES string of the molecule is COc1c(NC(=O)c2ccncc2)cccc1C(=O)Nc1c(Cl)cc(F)cc1Br. The molecule has 0 aliphatic carbocycles. The number of hydrogen-bond acceptors (Lipinski definition) is 4. The van der Waals surface area contributed by atoms with Gasteiger partial charge in [0.2, 0.25) is 0 Å². The van der Waals surface area contributed by atoms with Crippen LogP contribution in [0.1, 0.15) is 20.7 Å². The molecule has 0 fully saturated rings. The van der Waals surface area contributed by atoms with Crippen LogP contribution in [-0.4, -0.2) is 23.9 Å². The number of benzene rings is 2. The Labute approximate surface area is 179 Å². The Balaban J connectivity index is 1.89. The molecule has 2 amide bonds. The number of nitrogens with one attached hydrogen (secondary N) is 2. The van der Waals surface area contributed by atoms with E-state index in [4.69, 9.17) is 16.3 Å². The Hall–Kier alpha value is -2.97. The van der Waals surface area contributed by atoms with Crippen molar-refractivity contribution in [2.75, 3.05) is 17.7 Å². The second-order valence-corrected chi connectivity index (χ2v) is 7.04. The van der Waals surface area contributed by atoms with E-state index in [1.807, 2.05) is 0 Å². The van der Waals surface area contributed by atoms with Crippen molar-refractivity contribution < 1.29 is 18.7 Å². The Bertz CT molecular complexity index is 1060. The fourth-order valence-corrected chi connectivity index (χ4v) is 3.47. The predicted molar refractivity (Wildman–Crippen MR) is 112 cm³/mol. The van der Waals surface area contributed by atoms with Gasteiger partial charge in [0.05, 0.1) is 29.1 Å². The van der Waals surface area contributed by atoms with Gasteiger partial charge in [0, 0.05) is 22.4 Å². The van der Waals surface area contributed by atoms with Crippen LogP contribution in [0.4, 0.5) is 15.8 Å². The van der Waals surface area contributed by atoms with Crippen LogP contribution in [0.5, 0.6) is 5.75 Å². The Morgan fingerprint density at radius 3 is 2.48 bits per heavy atom. The molecule has 0 aliphatic heterocycles. The van der Waals surface area contributed by atoms with Gasteiger partial charge in [-0.05, 0) is 52.3 Å². The Morgan fingerprint density at radius 2 is 1.83 bits per heavy atom. The summed E-state index contributed by atoms with van der Waals surface area (Å²) in [6.07, 6.45) is 3.00. The molecule has 3 rings (SSSR count). The summed E-state index contributed by atoms with van der Waals surface area (Å²) < 4.78 is 19.1. The van der Waals surface area contributed by atoms with Gasteiger partial charge in [0.25, 0.3) is 11.8 Å². The maximum atomic E-state index is 13.4. The lowest BCUT2D eigenvalue weighted by Gasteiger charge is -2.15. The third-order valence-corrected chi connectivity index (χ3v) is 4.82. The van der Waals surface area contributed by atoms with Crippen LogP contribution in [0.15, 0.2) is 59.3 Å². The smallest absolute Gasteiger partial charge is 0.259 e. The molecule has 2 aromatic carbocycles. The zero-order chi connectivity index (χ0) is 21.0. The summed E-state index contributed by atoms with van der Waals surface area (Å²) in [5, 5.41) is 5.37. The van der Waals surface area contributed by atoms with Gasteiger partial charge in [0.1, 0.15) is 5.82 Å². The van der Waals surface area contributed by atoms with E-state index >= 15 is 0 Å². The Kier molecular flexibility index (Phi) is 6.46. The van der Waals surface area contributed by atoms with Crippen molar-refractivity contribution in [3.05, 3.63) is 81.3 Å². The van der Waals surface area contributed by atoms with Crippen molar-refractivity contribution in [2.45, 2.75) is 0 Å². The molecule has 3 aromatic rings. The van der Waals surface area contributed by atoms with Crippen molar-refractivity contribution in [3.63, 3.8) is 0 Å². The minimum Gasteiger partial charge on any atom is -0.494 e. The fourth-order valence-electron chi connectivity index (χ4n) is 2.57. The highest BCUT2D eigenvalue weighted by molar-refractivity contribution is 9.10. The molecule has 0 radical (unpaired) electrons. The van der Waals surface area contributed by atoms with E-state index in [0.717, 1.165) is 6.07 Å². The molecule has 1 aromatic heterocycles. The number of carbonyl (C=O) groups is 2. The normalized spacial score (nSPS) is 10.3. The van der Waals surface area contributed by atoms with E-state index in [-0.39, 0.29) is 32.4 Å². The summed E-state index contributed by atoms with van der Waals surface area (Å²) in [5.41, 5.74) is 1.09. The van der Waals surface area contributed by atoms with Crippen molar-refractivity contribution in [2.24, 2.45) is 0 Å². The van der Waals surface area contributed by atoms with Crippen LogP contribution < -0.4 is 15.4 Å². The molecule has 0 unspecified atom stereocenters. The van der Waals surface area contributed by atoms with Crippen molar-refractivity contribution in [1.29, 1.82) is 0 Å². The van der Waals surface area contributed by atoms with Crippen LogP contribution in [-0.2, 0) is 0 Å². The highest BCUT2D eigenvalue weighted by Crippen LogP contribution is 2.34. The molecule has 148 valence electrons. The molecular formula is C20H14BrClFN3O3. The van der Waals surface area contributed by atoms with Gasteiger partial charge in [-0.1, -0.05) is 17.7 Å². The molecule has 6 nitrogen and oxygen atoms in total. The maximum Gasteiger partial charge on any atom is 0.259 e. The van der Waals surface area contributed by atoms with Crippen molar-refractivity contribution >= 4 is 50.7 Å². The number of pyridine rings is 1. The van der Waals surface area contributed by atoms with Gasteiger partial charge in [0.15, 0.2) is 5.75 Å². The summed E-state index contributed by atoms with van der Waals surface area (Å²) in [6.45, 7) is 0. The molecule has 0 bridgehead atoms. The van der Waals surface area contributed by atoms with E-state index in [1.54, 1.807) is 24.3 Å². The van der Waals surface area contributed by atoms with Gasteiger partial charge in [-0.2, -0.15) is 0 Å². The Morgan fingerprint density at radius 1 is 1.10 bits per heavy atom. The number of hydrogen-bond donors (Lipinski definition) is 2. The molecule has 29 heavy (non-hydrogen) atoms. The van der Waals surface area contributed by atoms with E-state index in [9.17, 15) is 14.0 Å². The largest absolute Gasteiger partial charge is 0.494 e. The third-order valence-electron chi connectivity index (χ3n) is 3.90. The standard InChI is InChI=1S/C20H14BrClFN3O3/c1-29-18-13(20(28)26-17-14(21)9-12(23)10-15(17)22)3-2-4-16(18)25-19(27)11-5-7-24-8-6-11/h2-10H,1H3,(H,25,27)(H,26,28). The number of ether oxygens (including phenoxy) is 1. The number of rotatable bonds is 5. The topological polar surface area (TPSA) is 80.3 Å². The lowest BCUT2D eigenvalue weighted by atomic mass is 10.1. The number of para-hydroxylation sites is 1. The third kappa shape index (κ3) is 4.72. The van der Waals surface area contributed by atoms with Gasteiger partial charge in [-0.15, -0.1) is 0 Å². The summed E-state index contributed by atoms with van der Waals surface area (Å²) in [6, 6.07) is 10.1. The van der Waals surface area contributed by atoms with E-state index < -0.39 is 11.7 Å². The van der Waals surface area contributed by atoms with Gasteiger partial charge in [-0.25, -0.2) is 4.39 Å². The second-order valence-electron chi connectivity index (χ2n) is 5.77. The first kappa shape index (κ1) is 20.8. The average Bonchev–Trinajstić information content (AvgIpc) is 2.71. The van der Waals surface area contributed by atoms with Crippen molar-refractivity contribution in [1.82, 2.24) is 4.98 Å². The first-order valence-electron chi connectivity index (χ1n) is 8.25. The summed E-state index contributed by atoms with van der Waals surface area (Å²) in [7, 11) is 1.38. The number of methoxy groups -OCH3 is 1. The summed E-state index contributed by atoms with van der Waals surface area (Å²) in [4.78, 5) is 29.1. The monoisotopic (exact) mass is 477 g/mol. The van der Waals surface area contributed by atoms with Gasteiger partial charge in [-0.3, -0.25) is 14.6 Å². The average molecular weight is 479 g/mol. The zero-order valence-electron chi connectivity index (χ0n) is 15.0. The minimum absolute atomic E-state index is 0.0336. The number of amides is 2. The lowest BCUT2D eigenvalue weighted by Crippen LogP contribution is -2.17. The maximum absolute atomic E-state index is 13.4. The molecule has 0 saturated carbocycles. The lowest BCUT2D eigenvalue weighted by molar-refractivity contribution is 0.101. The number of nitrogens with zero attached hydrogens (tertiary/aromatic N) is 1. The van der Waals surface area contributed by atoms with Crippen LogP contribution in [0.2, 0.25) is 5.02 Å². The molecule has 0 spiro atoms. The highest BCUT2D eigenvalue weighted by atomic mass is 79.9. The van der Waals surface area contributed by atoms with E-state index in [2.05, 4.69) is 31.5 Å². The molecule has 0 aliphatic rings. The fraction of sp³-hybridized carbons (Fsp3) is 0.0500. The molecular weight excluding hydrogens is 465 g/mol. The number of halogens is 3. The zero-order valence-corrected chi connectivity index (χ0v) is 17.3. The molecule has 1 heterocycles. The van der Waals surface area contributed by atoms with E-state index in [1.165, 1.54) is 31.6 Å². The van der Waals surface area contributed by atoms with Crippen LogP contribution in [0.3, 0.4) is 0 Å². The number of carbonyl (C=O) groups excluding carboxylic acids is 2. The predicted octanol–water partition coefficient (Wildman–Crippen LogP) is 5.15. The molecule has 0 atom stereocenters. The highest BCUT2D eigenvalue weighted by Gasteiger charge is 2.20. The quantitative estimate of drug-likeness (QED) is 0.531. The van der Waals surface area contributed by atoms with Crippen molar-refractivity contribution in [3.8, 4) is 5.75 Å². The van der Waals surface area contributed by atoms with Gasteiger partial charge < -0.3 is 15.4 Å². The summed E-state index contributed by atoms with van der Waals surface area (Å²) >= 11 is 9.21. The summed E-state index contributed by atoms with van der Waals surface area (Å²) in [5.74, 6) is -1.30. The first-order valence-corrected chi connectivity index (χ1v) is 9.42. The van der Waals surface area contributed by atoms with Crippen LogP contribution >= 0.6 is 27.5 Å².